The first-order valence-corrected chi connectivity index (χ1v) is 6.93. The second kappa shape index (κ2) is 4.96. The molecule has 0 spiro atoms. The zero-order valence-corrected chi connectivity index (χ0v) is 11.2. The van der Waals surface area contributed by atoms with E-state index < -0.39 is 6.23 Å². The third-order valence-electron chi connectivity index (χ3n) is 4.15. The van der Waals surface area contributed by atoms with Gasteiger partial charge in [-0.3, -0.25) is 0 Å². The Morgan fingerprint density at radius 1 is 1.42 bits per heavy atom. The fourth-order valence-corrected chi connectivity index (χ4v) is 3.17. The van der Waals surface area contributed by atoms with Gasteiger partial charge in [-0.05, 0) is 43.4 Å². The van der Waals surface area contributed by atoms with Crippen LogP contribution in [0.25, 0.3) is 10.9 Å². The van der Waals surface area contributed by atoms with Gasteiger partial charge < -0.3 is 21.1 Å². The van der Waals surface area contributed by atoms with Crippen molar-refractivity contribution in [1.29, 1.82) is 0 Å². The molecular formula is C15H21N3O. The van der Waals surface area contributed by atoms with Crippen molar-refractivity contribution in [2.75, 3.05) is 13.1 Å². The molecule has 1 aliphatic rings. The van der Waals surface area contributed by atoms with Crippen LogP contribution in [0.1, 0.15) is 41.7 Å². The van der Waals surface area contributed by atoms with E-state index in [9.17, 15) is 5.11 Å². The normalized spacial score (nSPS) is 21.7. The molecule has 4 heteroatoms. The van der Waals surface area contributed by atoms with Crippen molar-refractivity contribution in [3.63, 3.8) is 0 Å². The van der Waals surface area contributed by atoms with Crippen LogP contribution in [-0.2, 0) is 0 Å². The number of hydrogen-bond acceptors (Lipinski definition) is 3. The Morgan fingerprint density at radius 3 is 2.95 bits per heavy atom. The van der Waals surface area contributed by atoms with Crippen LogP contribution in [0, 0.1) is 6.92 Å². The fourth-order valence-electron chi connectivity index (χ4n) is 3.17. The summed E-state index contributed by atoms with van der Waals surface area (Å²) in [5, 5.41) is 14.4. The highest BCUT2D eigenvalue weighted by Crippen LogP contribution is 2.34. The summed E-state index contributed by atoms with van der Waals surface area (Å²) in [5.74, 6) is 0.551. The van der Waals surface area contributed by atoms with Gasteiger partial charge in [-0.15, -0.1) is 0 Å². The predicted molar refractivity (Wildman–Crippen MR) is 77.0 cm³/mol. The number of aromatic amines is 1. The molecule has 1 aromatic heterocycles. The first-order chi connectivity index (χ1) is 9.18. The average molecular weight is 259 g/mol. The third kappa shape index (κ3) is 2.16. The summed E-state index contributed by atoms with van der Waals surface area (Å²) >= 11 is 0. The number of H-pyrrole nitrogens is 1. The maximum Gasteiger partial charge on any atom is 0.130 e. The van der Waals surface area contributed by atoms with Crippen LogP contribution < -0.4 is 11.1 Å². The van der Waals surface area contributed by atoms with E-state index in [0.717, 1.165) is 24.2 Å². The van der Waals surface area contributed by atoms with E-state index >= 15 is 0 Å². The van der Waals surface area contributed by atoms with E-state index in [1.54, 1.807) is 0 Å². The molecular weight excluding hydrogens is 238 g/mol. The van der Waals surface area contributed by atoms with Crippen molar-refractivity contribution in [2.45, 2.75) is 31.9 Å². The molecule has 0 saturated carbocycles. The summed E-state index contributed by atoms with van der Waals surface area (Å²) in [4.78, 5) is 3.26. The molecule has 0 aliphatic carbocycles. The molecule has 5 N–H and O–H groups in total. The molecule has 1 saturated heterocycles. The Balaban J connectivity index is 2.15. The van der Waals surface area contributed by atoms with Gasteiger partial charge in [0.1, 0.15) is 6.23 Å². The van der Waals surface area contributed by atoms with E-state index in [1.807, 2.05) is 12.3 Å². The Kier molecular flexibility index (Phi) is 3.31. The minimum absolute atomic E-state index is 0.551. The van der Waals surface area contributed by atoms with Crippen molar-refractivity contribution in [2.24, 2.45) is 5.73 Å². The molecule has 2 heterocycles. The Labute approximate surface area is 113 Å². The summed E-state index contributed by atoms with van der Waals surface area (Å²) < 4.78 is 0. The molecule has 1 aromatic carbocycles. The fraction of sp³-hybridized carbons (Fsp3) is 0.467. The molecule has 0 bridgehead atoms. The van der Waals surface area contributed by atoms with E-state index in [1.165, 1.54) is 29.4 Å². The molecule has 4 nitrogen and oxygen atoms in total. The van der Waals surface area contributed by atoms with E-state index in [0.29, 0.717) is 5.92 Å². The molecule has 102 valence electrons. The maximum atomic E-state index is 9.68. The highest BCUT2D eigenvalue weighted by Gasteiger charge is 2.21. The van der Waals surface area contributed by atoms with E-state index in [4.69, 9.17) is 5.73 Å². The van der Waals surface area contributed by atoms with Gasteiger partial charge in [-0.2, -0.15) is 0 Å². The van der Waals surface area contributed by atoms with Gasteiger partial charge in [0.15, 0.2) is 0 Å². The molecule has 2 atom stereocenters. The van der Waals surface area contributed by atoms with Crippen LogP contribution in [0.5, 0.6) is 0 Å². The highest BCUT2D eigenvalue weighted by atomic mass is 16.3. The number of piperidine rings is 1. The lowest BCUT2D eigenvalue weighted by atomic mass is 9.87. The van der Waals surface area contributed by atoms with Gasteiger partial charge in [-0.1, -0.05) is 12.1 Å². The van der Waals surface area contributed by atoms with Crippen LogP contribution >= 0.6 is 0 Å². The second-order valence-corrected chi connectivity index (χ2v) is 5.45. The largest absolute Gasteiger partial charge is 0.374 e. The smallest absolute Gasteiger partial charge is 0.130 e. The lowest BCUT2D eigenvalue weighted by Gasteiger charge is -2.24. The van der Waals surface area contributed by atoms with Gasteiger partial charge in [0, 0.05) is 23.7 Å². The zero-order valence-electron chi connectivity index (χ0n) is 11.2. The monoisotopic (exact) mass is 259 g/mol. The van der Waals surface area contributed by atoms with Crippen LogP contribution in [0.15, 0.2) is 18.3 Å². The van der Waals surface area contributed by atoms with Crippen molar-refractivity contribution >= 4 is 10.9 Å². The SMILES string of the molecule is Cc1c[nH]c2c(C(N)O)ccc(C3CCCNC3)c12. The summed E-state index contributed by atoms with van der Waals surface area (Å²) in [6.07, 6.45) is 3.50. The quantitative estimate of drug-likeness (QED) is 0.622. The molecule has 19 heavy (non-hydrogen) atoms. The van der Waals surface area contributed by atoms with Gasteiger partial charge in [0.2, 0.25) is 0 Å². The third-order valence-corrected chi connectivity index (χ3v) is 4.15. The number of aliphatic hydroxyl groups is 1. The number of aryl methyl sites for hydroxylation is 1. The van der Waals surface area contributed by atoms with Gasteiger partial charge in [0.05, 0.1) is 5.52 Å². The van der Waals surface area contributed by atoms with Crippen LogP contribution in [0.3, 0.4) is 0 Å². The van der Waals surface area contributed by atoms with Crippen LogP contribution in [-0.4, -0.2) is 23.2 Å². The summed E-state index contributed by atoms with van der Waals surface area (Å²) in [5.41, 5.74) is 9.98. The molecule has 1 aliphatic heterocycles. The van der Waals surface area contributed by atoms with Crippen LogP contribution in [0.4, 0.5) is 0 Å². The number of aliphatic hydroxyl groups excluding tert-OH is 1. The standard InChI is InChI=1S/C15H21N3O/c1-9-7-18-14-12(15(16)19)5-4-11(13(9)14)10-3-2-6-17-8-10/h4-5,7,10,15,17-19H,2-3,6,8,16H2,1H3. The highest BCUT2D eigenvalue weighted by molar-refractivity contribution is 5.89. The summed E-state index contributed by atoms with van der Waals surface area (Å²) in [7, 11) is 0. The van der Waals surface area contributed by atoms with Crippen molar-refractivity contribution < 1.29 is 5.11 Å². The number of rotatable bonds is 2. The Bertz CT molecular complexity index is 582. The molecule has 2 aromatic rings. The predicted octanol–water partition coefficient (Wildman–Crippen LogP) is 1.89. The first-order valence-electron chi connectivity index (χ1n) is 6.93. The number of benzene rings is 1. The molecule has 1 fully saturated rings. The Hall–Kier alpha value is -1.36. The molecule has 0 amide bonds. The zero-order chi connectivity index (χ0) is 13.4. The van der Waals surface area contributed by atoms with E-state index in [-0.39, 0.29) is 0 Å². The lowest BCUT2D eigenvalue weighted by molar-refractivity contribution is 0.187. The van der Waals surface area contributed by atoms with E-state index in [2.05, 4.69) is 23.3 Å². The topological polar surface area (TPSA) is 74.1 Å². The van der Waals surface area contributed by atoms with Crippen molar-refractivity contribution in [3.05, 3.63) is 35.0 Å². The number of fused-ring (bicyclic) bond motifs is 1. The Morgan fingerprint density at radius 2 is 2.26 bits per heavy atom. The lowest BCUT2D eigenvalue weighted by Crippen LogP contribution is -2.28. The second-order valence-electron chi connectivity index (χ2n) is 5.45. The maximum absolute atomic E-state index is 9.68. The van der Waals surface area contributed by atoms with Gasteiger partial charge in [-0.25, -0.2) is 0 Å². The first kappa shape index (κ1) is 12.7. The number of nitrogens with one attached hydrogen (secondary N) is 2. The number of aromatic nitrogens is 1. The van der Waals surface area contributed by atoms with Crippen molar-refractivity contribution in [1.82, 2.24) is 10.3 Å². The number of hydrogen-bond donors (Lipinski definition) is 4. The van der Waals surface area contributed by atoms with Gasteiger partial charge in [0.25, 0.3) is 0 Å². The molecule has 3 rings (SSSR count). The summed E-state index contributed by atoms with van der Waals surface area (Å²) in [6.45, 7) is 4.25. The molecule has 2 unspecified atom stereocenters. The minimum atomic E-state index is -0.931. The van der Waals surface area contributed by atoms with Crippen molar-refractivity contribution in [3.8, 4) is 0 Å². The molecule has 0 radical (unpaired) electrons. The van der Waals surface area contributed by atoms with Crippen LogP contribution in [0.2, 0.25) is 0 Å². The summed E-state index contributed by atoms with van der Waals surface area (Å²) in [6, 6.07) is 4.08. The number of nitrogens with two attached hydrogens (primary N) is 1. The van der Waals surface area contributed by atoms with Gasteiger partial charge >= 0.3 is 0 Å². The average Bonchev–Trinajstić information content (AvgIpc) is 2.81. The minimum Gasteiger partial charge on any atom is -0.374 e.